The highest BCUT2D eigenvalue weighted by atomic mass is 16.2. The number of carbonyl (C=O) groups excluding carboxylic acids is 1. The smallest absolute Gasteiger partial charge is 0.229 e. The summed E-state index contributed by atoms with van der Waals surface area (Å²) in [5.74, 6) is 2.13. The van der Waals surface area contributed by atoms with E-state index in [0.717, 1.165) is 19.4 Å². The molecule has 114 valence electrons. The van der Waals surface area contributed by atoms with Crippen molar-refractivity contribution in [2.75, 3.05) is 30.9 Å². The normalized spacial score (nSPS) is 24.9. The Morgan fingerprint density at radius 1 is 1.24 bits per heavy atom. The Kier molecular flexibility index (Phi) is 3.65. The maximum atomic E-state index is 12.1. The highest BCUT2D eigenvalue weighted by molar-refractivity contribution is 5.80. The lowest BCUT2D eigenvalue weighted by Crippen LogP contribution is -2.43. The van der Waals surface area contributed by atoms with Crippen molar-refractivity contribution in [3.05, 3.63) is 5.82 Å². The molecule has 0 radical (unpaired) electrons. The molecule has 0 aliphatic carbocycles. The summed E-state index contributed by atoms with van der Waals surface area (Å²) in [6, 6.07) is 0.390. The van der Waals surface area contributed by atoms with Gasteiger partial charge >= 0.3 is 0 Å². The molecule has 1 amide bonds. The zero-order chi connectivity index (χ0) is 15.0. The van der Waals surface area contributed by atoms with Crippen LogP contribution >= 0.6 is 0 Å². The van der Waals surface area contributed by atoms with Crippen molar-refractivity contribution in [3.8, 4) is 0 Å². The van der Waals surface area contributed by atoms with Crippen LogP contribution in [-0.4, -0.2) is 58.5 Å². The van der Waals surface area contributed by atoms with Crippen LogP contribution in [0.15, 0.2) is 0 Å². The number of carbonyl (C=O) groups is 1. The average molecular weight is 290 g/mol. The van der Waals surface area contributed by atoms with Gasteiger partial charge in [-0.25, -0.2) is 0 Å². The SMILES string of the molecule is Cc1nc(NC2CC(=O)N3CCCCC23)nc(N(C)C)n1. The first-order chi connectivity index (χ1) is 10.0. The summed E-state index contributed by atoms with van der Waals surface area (Å²) < 4.78 is 0. The lowest BCUT2D eigenvalue weighted by molar-refractivity contribution is -0.129. The Morgan fingerprint density at radius 2 is 2.05 bits per heavy atom. The van der Waals surface area contributed by atoms with Gasteiger partial charge in [0.25, 0.3) is 0 Å². The highest BCUT2D eigenvalue weighted by Gasteiger charge is 2.41. The van der Waals surface area contributed by atoms with Crippen LogP contribution < -0.4 is 10.2 Å². The molecule has 7 nitrogen and oxygen atoms in total. The zero-order valence-electron chi connectivity index (χ0n) is 12.8. The molecule has 7 heteroatoms. The molecule has 0 aromatic carbocycles. The fraction of sp³-hybridized carbons (Fsp3) is 0.714. The average Bonchev–Trinajstić information content (AvgIpc) is 2.75. The molecule has 2 unspecified atom stereocenters. The van der Waals surface area contributed by atoms with Gasteiger partial charge in [-0.2, -0.15) is 15.0 Å². The van der Waals surface area contributed by atoms with Crippen LogP contribution in [0.2, 0.25) is 0 Å². The molecule has 2 aliphatic rings. The van der Waals surface area contributed by atoms with E-state index in [-0.39, 0.29) is 18.0 Å². The molecule has 3 heterocycles. The van der Waals surface area contributed by atoms with Crippen molar-refractivity contribution in [2.45, 2.75) is 44.7 Å². The molecule has 21 heavy (non-hydrogen) atoms. The quantitative estimate of drug-likeness (QED) is 0.888. The highest BCUT2D eigenvalue weighted by Crippen LogP contribution is 2.29. The van der Waals surface area contributed by atoms with E-state index in [1.54, 1.807) is 0 Å². The number of aryl methyl sites for hydroxylation is 1. The summed E-state index contributed by atoms with van der Waals surface area (Å²) >= 11 is 0. The second kappa shape index (κ2) is 5.46. The molecule has 2 saturated heterocycles. The van der Waals surface area contributed by atoms with E-state index in [0.29, 0.717) is 24.1 Å². The maximum absolute atomic E-state index is 12.1. The van der Waals surface area contributed by atoms with E-state index in [2.05, 4.69) is 20.3 Å². The van der Waals surface area contributed by atoms with Gasteiger partial charge in [-0.3, -0.25) is 4.79 Å². The number of amides is 1. The minimum Gasteiger partial charge on any atom is -0.349 e. The van der Waals surface area contributed by atoms with Gasteiger partial charge in [0.1, 0.15) is 5.82 Å². The van der Waals surface area contributed by atoms with Gasteiger partial charge in [0.05, 0.1) is 12.1 Å². The predicted molar refractivity (Wildman–Crippen MR) is 80.3 cm³/mol. The number of nitrogens with zero attached hydrogens (tertiary/aromatic N) is 5. The second-order valence-electron chi connectivity index (χ2n) is 6.01. The molecule has 1 aromatic rings. The van der Waals surface area contributed by atoms with Crippen LogP contribution in [0.25, 0.3) is 0 Å². The summed E-state index contributed by atoms with van der Waals surface area (Å²) in [7, 11) is 3.81. The first-order valence-electron chi connectivity index (χ1n) is 7.50. The summed E-state index contributed by atoms with van der Waals surface area (Å²) in [6.45, 7) is 2.74. The van der Waals surface area contributed by atoms with Crippen molar-refractivity contribution < 1.29 is 4.79 Å². The first-order valence-corrected chi connectivity index (χ1v) is 7.50. The molecule has 2 fully saturated rings. The van der Waals surface area contributed by atoms with Crippen LogP contribution in [0.1, 0.15) is 31.5 Å². The third-order valence-electron chi connectivity index (χ3n) is 4.18. The van der Waals surface area contributed by atoms with Gasteiger partial charge in [0.2, 0.25) is 17.8 Å². The number of anilines is 2. The molecule has 3 rings (SSSR count). The predicted octanol–water partition coefficient (Wildman–Crippen LogP) is 0.811. The molecular formula is C14H22N6O. The van der Waals surface area contributed by atoms with Crippen LogP contribution in [0.3, 0.4) is 0 Å². The molecule has 1 aromatic heterocycles. The number of hydrogen-bond acceptors (Lipinski definition) is 6. The Labute approximate surface area is 124 Å². The fourth-order valence-corrected chi connectivity index (χ4v) is 3.17. The van der Waals surface area contributed by atoms with Crippen LogP contribution in [0.4, 0.5) is 11.9 Å². The molecule has 1 N–H and O–H groups in total. The van der Waals surface area contributed by atoms with Gasteiger partial charge in [-0.15, -0.1) is 0 Å². The van der Waals surface area contributed by atoms with Crippen molar-refractivity contribution in [2.24, 2.45) is 0 Å². The topological polar surface area (TPSA) is 74.2 Å². The number of nitrogens with one attached hydrogen (secondary N) is 1. The van der Waals surface area contributed by atoms with Crippen molar-refractivity contribution in [1.82, 2.24) is 19.9 Å². The van der Waals surface area contributed by atoms with E-state index in [4.69, 9.17) is 0 Å². The Bertz CT molecular complexity index is 546. The van der Waals surface area contributed by atoms with Gasteiger partial charge in [-0.1, -0.05) is 0 Å². The molecule has 0 saturated carbocycles. The van der Waals surface area contributed by atoms with E-state index in [1.807, 2.05) is 30.8 Å². The minimum absolute atomic E-state index is 0.106. The van der Waals surface area contributed by atoms with E-state index in [9.17, 15) is 4.79 Å². The number of rotatable bonds is 3. The van der Waals surface area contributed by atoms with Crippen molar-refractivity contribution >= 4 is 17.8 Å². The van der Waals surface area contributed by atoms with E-state index < -0.39 is 0 Å². The van der Waals surface area contributed by atoms with Crippen molar-refractivity contribution in [3.63, 3.8) is 0 Å². The van der Waals surface area contributed by atoms with Gasteiger partial charge < -0.3 is 15.1 Å². The lowest BCUT2D eigenvalue weighted by Gasteiger charge is -2.32. The summed E-state index contributed by atoms with van der Waals surface area (Å²) in [5.41, 5.74) is 0. The van der Waals surface area contributed by atoms with E-state index >= 15 is 0 Å². The Balaban J connectivity index is 1.79. The Hall–Kier alpha value is -1.92. The molecule has 0 bridgehead atoms. The van der Waals surface area contributed by atoms with Crippen LogP contribution in [-0.2, 0) is 4.79 Å². The molecule has 2 aliphatic heterocycles. The summed E-state index contributed by atoms with van der Waals surface area (Å²) in [6.07, 6.45) is 3.90. The monoisotopic (exact) mass is 290 g/mol. The summed E-state index contributed by atoms with van der Waals surface area (Å²) in [5, 5.41) is 3.36. The van der Waals surface area contributed by atoms with Crippen LogP contribution in [0.5, 0.6) is 0 Å². The first kappa shape index (κ1) is 14.0. The lowest BCUT2D eigenvalue weighted by atomic mass is 9.99. The number of aromatic nitrogens is 3. The fourth-order valence-electron chi connectivity index (χ4n) is 3.17. The number of fused-ring (bicyclic) bond motifs is 1. The van der Waals surface area contributed by atoms with Crippen molar-refractivity contribution in [1.29, 1.82) is 0 Å². The summed E-state index contributed by atoms with van der Waals surface area (Å²) in [4.78, 5) is 29.0. The molecule has 2 atom stereocenters. The standard InChI is InChI=1S/C14H22N6O/c1-9-15-13(18-14(16-9)19(2)3)17-10-8-12(21)20-7-5-4-6-11(10)20/h10-11H,4-8H2,1-3H3,(H,15,16,17,18). The second-order valence-corrected chi connectivity index (χ2v) is 6.01. The van der Waals surface area contributed by atoms with Gasteiger partial charge in [-0.05, 0) is 26.2 Å². The van der Waals surface area contributed by atoms with Gasteiger partial charge in [0.15, 0.2) is 0 Å². The number of hydrogen-bond donors (Lipinski definition) is 1. The van der Waals surface area contributed by atoms with Crippen LogP contribution in [0, 0.1) is 6.92 Å². The van der Waals surface area contributed by atoms with E-state index in [1.165, 1.54) is 6.42 Å². The minimum atomic E-state index is 0.106. The Morgan fingerprint density at radius 3 is 2.81 bits per heavy atom. The zero-order valence-corrected chi connectivity index (χ0v) is 12.8. The molecular weight excluding hydrogens is 268 g/mol. The third kappa shape index (κ3) is 2.77. The largest absolute Gasteiger partial charge is 0.349 e. The van der Waals surface area contributed by atoms with Gasteiger partial charge in [0, 0.05) is 27.1 Å². The maximum Gasteiger partial charge on any atom is 0.229 e. The number of piperidine rings is 1. The third-order valence-corrected chi connectivity index (χ3v) is 4.18. The molecule has 0 spiro atoms.